The summed E-state index contributed by atoms with van der Waals surface area (Å²) in [6, 6.07) is 0.251. The Morgan fingerprint density at radius 1 is 1.09 bits per heavy atom. The smallest absolute Gasteiger partial charge is 0.330 e. The van der Waals surface area contributed by atoms with Crippen LogP contribution in [0, 0.1) is 0 Å². The third-order valence-corrected chi connectivity index (χ3v) is 8.81. The van der Waals surface area contributed by atoms with Gasteiger partial charge in [-0.15, -0.1) is 0 Å². The second kappa shape index (κ2) is 8.81. The fourth-order valence-corrected chi connectivity index (χ4v) is 6.64. The number of aromatic nitrogens is 6. The lowest BCUT2D eigenvalue weighted by atomic mass is 10.1. The Balaban J connectivity index is 1.35. The monoisotopic (exact) mass is 488 g/mol. The van der Waals surface area contributed by atoms with E-state index < -0.39 is 10.0 Å². The van der Waals surface area contributed by atoms with Gasteiger partial charge in [-0.05, 0) is 39.5 Å². The number of fused-ring (bicyclic) bond motifs is 1. The van der Waals surface area contributed by atoms with Gasteiger partial charge in [0.05, 0.1) is 12.4 Å². The van der Waals surface area contributed by atoms with E-state index in [-0.39, 0.29) is 28.7 Å². The van der Waals surface area contributed by atoms with Gasteiger partial charge in [-0.3, -0.25) is 13.8 Å². The van der Waals surface area contributed by atoms with Crippen molar-refractivity contribution < 1.29 is 8.42 Å². The van der Waals surface area contributed by atoms with Crippen LogP contribution in [-0.4, -0.2) is 60.7 Å². The first-order valence-corrected chi connectivity index (χ1v) is 13.4. The molecular formula is C22H32N8O3S. The normalized spacial score (nSPS) is 18.9. The van der Waals surface area contributed by atoms with Gasteiger partial charge in [0, 0.05) is 44.5 Å². The molecule has 1 aliphatic carbocycles. The SMILES string of the molecule is CC(C)n1c(=O)n(C2CCCC2)c2nc(NC3CCN(S(=O)(=O)c4cnn(C)c4)CC3)ncc21. The Bertz CT molecular complexity index is 1340. The van der Waals surface area contributed by atoms with Crippen LogP contribution < -0.4 is 11.0 Å². The molecule has 34 heavy (non-hydrogen) atoms. The minimum Gasteiger partial charge on any atom is -0.351 e. The zero-order valence-corrected chi connectivity index (χ0v) is 20.7. The molecule has 2 aliphatic rings. The van der Waals surface area contributed by atoms with Crippen LogP contribution in [0.2, 0.25) is 0 Å². The number of nitrogens with one attached hydrogen (secondary N) is 1. The molecule has 0 aromatic carbocycles. The van der Waals surface area contributed by atoms with Crippen LogP contribution >= 0.6 is 0 Å². The molecular weight excluding hydrogens is 456 g/mol. The van der Waals surface area contributed by atoms with Crippen molar-refractivity contribution in [1.29, 1.82) is 0 Å². The molecule has 1 N–H and O–H groups in total. The van der Waals surface area contributed by atoms with Gasteiger partial charge in [0.15, 0.2) is 5.65 Å². The second-order valence-electron chi connectivity index (χ2n) is 9.63. The van der Waals surface area contributed by atoms with Crippen molar-refractivity contribution in [2.45, 2.75) is 75.4 Å². The Hall–Kier alpha value is -2.73. The number of hydrogen-bond acceptors (Lipinski definition) is 7. The maximum absolute atomic E-state index is 13.2. The lowest BCUT2D eigenvalue weighted by Gasteiger charge is -2.31. The van der Waals surface area contributed by atoms with Crippen LogP contribution in [-0.2, 0) is 17.1 Å². The molecule has 0 bridgehead atoms. The molecule has 0 spiro atoms. The molecule has 184 valence electrons. The van der Waals surface area contributed by atoms with E-state index in [1.165, 1.54) is 21.4 Å². The number of piperidine rings is 1. The Morgan fingerprint density at radius 3 is 2.41 bits per heavy atom. The van der Waals surface area contributed by atoms with Gasteiger partial charge in [-0.2, -0.15) is 14.4 Å². The topological polar surface area (TPSA) is 120 Å². The molecule has 1 aliphatic heterocycles. The standard InChI is InChI=1S/C22H32N8O3S/c1-15(2)29-19-13-23-21(26-20(19)30(22(29)31)17-6-4-5-7-17)25-16-8-10-28(11-9-16)34(32,33)18-12-24-27(3)14-18/h12-17H,4-11H2,1-3H3,(H,23,25,26). The zero-order valence-electron chi connectivity index (χ0n) is 19.9. The predicted molar refractivity (Wildman–Crippen MR) is 128 cm³/mol. The molecule has 2 fully saturated rings. The number of aryl methyl sites for hydroxylation is 1. The number of sulfonamides is 1. The summed E-state index contributed by atoms with van der Waals surface area (Å²) in [5.41, 5.74) is 1.42. The van der Waals surface area contributed by atoms with E-state index in [2.05, 4.69) is 15.4 Å². The van der Waals surface area contributed by atoms with E-state index in [1.807, 2.05) is 18.4 Å². The van der Waals surface area contributed by atoms with Crippen LogP contribution in [0.25, 0.3) is 11.2 Å². The average molecular weight is 489 g/mol. The average Bonchev–Trinajstić information content (AvgIpc) is 3.53. The van der Waals surface area contributed by atoms with Gasteiger partial charge in [0.25, 0.3) is 0 Å². The molecule has 5 rings (SSSR count). The number of nitrogens with zero attached hydrogens (tertiary/aromatic N) is 7. The van der Waals surface area contributed by atoms with E-state index in [0.717, 1.165) is 31.2 Å². The number of imidazole rings is 1. The molecule has 3 aromatic rings. The van der Waals surface area contributed by atoms with E-state index in [0.29, 0.717) is 37.5 Å². The van der Waals surface area contributed by atoms with Crippen molar-refractivity contribution in [2.75, 3.05) is 18.4 Å². The number of hydrogen-bond donors (Lipinski definition) is 1. The second-order valence-corrected chi connectivity index (χ2v) is 11.6. The van der Waals surface area contributed by atoms with E-state index >= 15 is 0 Å². The Labute approximate surface area is 198 Å². The van der Waals surface area contributed by atoms with Crippen LogP contribution in [0.3, 0.4) is 0 Å². The van der Waals surface area contributed by atoms with Crippen LogP contribution in [0.15, 0.2) is 28.3 Å². The van der Waals surface area contributed by atoms with Crippen molar-refractivity contribution in [1.82, 2.24) is 33.2 Å². The van der Waals surface area contributed by atoms with E-state index in [1.54, 1.807) is 17.8 Å². The van der Waals surface area contributed by atoms with Gasteiger partial charge >= 0.3 is 5.69 Å². The molecule has 0 atom stereocenters. The maximum atomic E-state index is 13.2. The first-order chi connectivity index (χ1) is 16.3. The van der Waals surface area contributed by atoms with Gasteiger partial charge in [-0.25, -0.2) is 18.2 Å². The maximum Gasteiger partial charge on any atom is 0.330 e. The molecule has 0 amide bonds. The van der Waals surface area contributed by atoms with Crippen molar-refractivity contribution in [3.8, 4) is 0 Å². The minimum atomic E-state index is -3.54. The van der Waals surface area contributed by atoms with Gasteiger partial charge < -0.3 is 5.32 Å². The quantitative estimate of drug-likeness (QED) is 0.565. The van der Waals surface area contributed by atoms with Crippen molar-refractivity contribution in [3.05, 3.63) is 29.1 Å². The molecule has 11 nitrogen and oxygen atoms in total. The highest BCUT2D eigenvalue weighted by Crippen LogP contribution is 2.31. The fourth-order valence-electron chi connectivity index (χ4n) is 5.19. The molecule has 0 unspecified atom stereocenters. The van der Waals surface area contributed by atoms with Gasteiger partial charge in [-0.1, -0.05) is 12.8 Å². The molecule has 0 radical (unpaired) electrons. The summed E-state index contributed by atoms with van der Waals surface area (Å²) in [6.45, 7) is 4.82. The first kappa shape index (κ1) is 23.0. The molecule has 12 heteroatoms. The fraction of sp³-hybridized carbons (Fsp3) is 0.636. The summed E-state index contributed by atoms with van der Waals surface area (Å²) in [6.07, 6.45) is 10.2. The van der Waals surface area contributed by atoms with Crippen molar-refractivity contribution in [3.63, 3.8) is 0 Å². The van der Waals surface area contributed by atoms with Crippen LogP contribution in [0.1, 0.15) is 64.5 Å². The van der Waals surface area contributed by atoms with Crippen LogP contribution in [0.5, 0.6) is 0 Å². The van der Waals surface area contributed by atoms with E-state index in [9.17, 15) is 13.2 Å². The zero-order chi connectivity index (χ0) is 24.0. The third kappa shape index (κ3) is 4.02. The lowest BCUT2D eigenvalue weighted by Crippen LogP contribution is -2.42. The summed E-state index contributed by atoms with van der Waals surface area (Å²) in [4.78, 5) is 22.7. The summed E-state index contributed by atoms with van der Waals surface area (Å²) < 4.78 is 32.4. The highest BCUT2D eigenvalue weighted by atomic mass is 32.2. The molecule has 4 heterocycles. The van der Waals surface area contributed by atoms with Crippen LogP contribution in [0.4, 0.5) is 5.95 Å². The highest BCUT2D eigenvalue weighted by Gasteiger charge is 2.31. The number of rotatable bonds is 6. The van der Waals surface area contributed by atoms with E-state index in [4.69, 9.17) is 4.98 Å². The lowest BCUT2D eigenvalue weighted by molar-refractivity contribution is 0.329. The number of anilines is 1. The first-order valence-electron chi connectivity index (χ1n) is 12.0. The van der Waals surface area contributed by atoms with Gasteiger partial charge in [0.2, 0.25) is 16.0 Å². The van der Waals surface area contributed by atoms with Crippen molar-refractivity contribution >= 4 is 27.1 Å². The van der Waals surface area contributed by atoms with Gasteiger partial charge in [0.1, 0.15) is 10.4 Å². The molecule has 1 saturated carbocycles. The highest BCUT2D eigenvalue weighted by molar-refractivity contribution is 7.89. The minimum absolute atomic E-state index is 0.0164. The molecule has 3 aromatic heterocycles. The summed E-state index contributed by atoms with van der Waals surface area (Å²) in [7, 11) is -1.84. The predicted octanol–water partition coefficient (Wildman–Crippen LogP) is 2.29. The van der Waals surface area contributed by atoms with Crippen molar-refractivity contribution in [2.24, 2.45) is 7.05 Å². The Kier molecular flexibility index (Phi) is 5.96. The summed E-state index contributed by atoms with van der Waals surface area (Å²) in [5, 5.41) is 7.36. The summed E-state index contributed by atoms with van der Waals surface area (Å²) in [5.74, 6) is 0.480. The Morgan fingerprint density at radius 2 is 1.79 bits per heavy atom. The third-order valence-electron chi connectivity index (χ3n) is 6.96. The molecule has 1 saturated heterocycles. The summed E-state index contributed by atoms with van der Waals surface area (Å²) >= 11 is 0. The largest absolute Gasteiger partial charge is 0.351 e.